The molecule has 0 saturated carbocycles. The van der Waals surface area contributed by atoms with Crippen LogP contribution in [-0.2, 0) is 0 Å². The van der Waals surface area contributed by atoms with Crippen molar-refractivity contribution in [1.29, 1.82) is 0 Å². The Morgan fingerprint density at radius 2 is 1.67 bits per heavy atom. The van der Waals surface area contributed by atoms with Crippen LogP contribution < -0.4 is 4.74 Å². The summed E-state index contributed by atoms with van der Waals surface area (Å²) in [5, 5.41) is 0.911. The van der Waals surface area contributed by atoms with Gasteiger partial charge in [0.1, 0.15) is 0 Å². The maximum absolute atomic E-state index is 13.8. The summed E-state index contributed by atoms with van der Waals surface area (Å²) in [6, 6.07) is 6.02. The number of ether oxygens (including phenoxy) is 1. The van der Waals surface area contributed by atoms with E-state index in [1.54, 1.807) is 0 Å². The highest BCUT2D eigenvalue weighted by Gasteiger charge is 2.13. The van der Waals surface area contributed by atoms with Crippen LogP contribution in [0.15, 0.2) is 24.3 Å². The number of aromatic nitrogens is 1. The van der Waals surface area contributed by atoms with Gasteiger partial charge in [-0.05, 0) is 18.2 Å². The zero-order valence-electron chi connectivity index (χ0n) is 9.18. The molecule has 18 heavy (non-hydrogen) atoms. The van der Waals surface area contributed by atoms with Gasteiger partial charge in [-0.3, -0.25) is 0 Å². The van der Waals surface area contributed by atoms with E-state index in [4.69, 9.17) is 39.5 Å². The standard InChI is InChI=1S/C12H7Cl3FNO/c1-18-11-3-2-6(12(16)17-11)7-4-9(14)10(15)5-8(7)13/h2-5H,1H3. The maximum atomic E-state index is 13.8. The van der Waals surface area contributed by atoms with Crippen molar-refractivity contribution in [3.63, 3.8) is 0 Å². The summed E-state index contributed by atoms with van der Waals surface area (Å²) in [6.07, 6.45) is 0. The Bertz CT molecular complexity index is 604. The molecule has 0 aliphatic heterocycles. The molecule has 2 rings (SSSR count). The molecule has 0 fully saturated rings. The summed E-state index contributed by atoms with van der Waals surface area (Å²) < 4.78 is 18.6. The zero-order chi connectivity index (χ0) is 13.3. The molecule has 0 spiro atoms. The SMILES string of the molecule is COc1ccc(-c2cc(Cl)c(Cl)cc2Cl)c(F)n1. The number of rotatable bonds is 2. The summed E-state index contributed by atoms with van der Waals surface area (Å²) in [5.41, 5.74) is 0.665. The third-order valence-corrected chi connectivity index (χ3v) is 3.37. The molecule has 0 aliphatic rings. The molecule has 1 heterocycles. The minimum Gasteiger partial charge on any atom is -0.481 e. The number of benzene rings is 1. The van der Waals surface area contributed by atoms with Gasteiger partial charge in [0.05, 0.1) is 22.2 Å². The van der Waals surface area contributed by atoms with Crippen LogP contribution >= 0.6 is 34.8 Å². The van der Waals surface area contributed by atoms with Gasteiger partial charge < -0.3 is 4.74 Å². The molecular formula is C12H7Cl3FNO. The number of hydrogen-bond donors (Lipinski definition) is 0. The highest BCUT2D eigenvalue weighted by molar-refractivity contribution is 6.44. The molecule has 0 atom stereocenters. The normalized spacial score (nSPS) is 10.5. The lowest BCUT2D eigenvalue weighted by atomic mass is 10.1. The van der Waals surface area contributed by atoms with Crippen molar-refractivity contribution in [2.75, 3.05) is 7.11 Å². The smallest absolute Gasteiger partial charge is 0.224 e. The first kappa shape index (κ1) is 13.4. The third-order valence-electron chi connectivity index (χ3n) is 2.33. The Labute approximate surface area is 118 Å². The van der Waals surface area contributed by atoms with Gasteiger partial charge in [0.25, 0.3) is 0 Å². The monoisotopic (exact) mass is 305 g/mol. The summed E-state index contributed by atoms with van der Waals surface area (Å²) in [5.74, 6) is -0.498. The van der Waals surface area contributed by atoms with E-state index in [2.05, 4.69) is 4.98 Å². The number of hydrogen-bond acceptors (Lipinski definition) is 2. The Morgan fingerprint density at radius 1 is 1.00 bits per heavy atom. The van der Waals surface area contributed by atoms with Crippen LogP contribution in [0.2, 0.25) is 15.1 Å². The van der Waals surface area contributed by atoms with Crippen LogP contribution in [0.5, 0.6) is 5.88 Å². The predicted octanol–water partition coefficient (Wildman–Crippen LogP) is 4.86. The van der Waals surface area contributed by atoms with Crippen molar-refractivity contribution in [2.45, 2.75) is 0 Å². The van der Waals surface area contributed by atoms with Crippen molar-refractivity contribution < 1.29 is 9.13 Å². The molecule has 2 nitrogen and oxygen atoms in total. The van der Waals surface area contributed by atoms with E-state index in [1.165, 1.54) is 31.4 Å². The fraction of sp³-hybridized carbons (Fsp3) is 0.0833. The second-order valence-electron chi connectivity index (χ2n) is 3.44. The van der Waals surface area contributed by atoms with Gasteiger partial charge in [0.15, 0.2) is 0 Å². The Hall–Kier alpha value is -1.03. The summed E-state index contributed by atoms with van der Waals surface area (Å²) in [6.45, 7) is 0. The van der Waals surface area contributed by atoms with Crippen molar-refractivity contribution >= 4 is 34.8 Å². The van der Waals surface area contributed by atoms with E-state index in [-0.39, 0.29) is 11.4 Å². The molecule has 0 aliphatic carbocycles. The quantitative estimate of drug-likeness (QED) is 0.584. The first-order valence-electron chi connectivity index (χ1n) is 4.88. The summed E-state index contributed by atoms with van der Waals surface area (Å²) >= 11 is 17.7. The van der Waals surface area contributed by atoms with Gasteiger partial charge >= 0.3 is 0 Å². The molecule has 94 valence electrons. The topological polar surface area (TPSA) is 22.1 Å². The number of pyridine rings is 1. The summed E-state index contributed by atoms with van der Waals surface area (Å²) in [4.78, 5) is 3.64. The molecular weight excluding hydrogens is 299 g/mol. The lowest BCUT2D eigenvalue weighted by molar-refractivity contribution is 0.388. The fourth-order valence-electron chi connectivity index (χ4n) is 1.46. The lowest BCUT2D eigenvalue weighted by Crippen LogP contribution is -1.94. The third kappa shape index (κ3) is 2.53. The van der Waals surface area contributed by atoms with E-state index in [0.29, 0.717) is 20.6 Å². The molecule has 0 bridgehead atoms. The molecule has 6 heteroatoms. The van der Waals surface area contributed by atoms with Crippen LogP contribution in [-0.4, -0.2) is 12.1 Å². The van der Waals surface area contributed by atoms with Crippen molar-refractivity contribution in [3.05, 3.63) is 45.3 Å². The largest absolute Gasteiger partial charge is 0.481 e. The first-order chi connectivity index (χ1) is 8.52. The summed E-state index contributed by atoms with van der Waals surface area (Å²) in [7, 11) is 1.41. The zero-order valence-corrected chi connectivity index (χ0v) is 11.4. The lowest BCUT2D eigenvalue weighted by Gasteiger charge is -2.08. The Kier molecular flexibility index (Phi) is 3.95. The van der Waals surface area contributed by atoms with Crippen LogP contribution in [0.25, 0.3) is 11.1 Å². The molecule has 0 radical (unpaired) electrons. The van der Waals surface area contributed by atoms with Crippen LogP contribution in [0.4, 0.5) is 4.39 Å². The van der Waals surface area contributed by atoms with Gasteiger partial charge in [0, 0.05) is 17.2 Å². The molecule has 0 saturated heterocycles. The van der Waals surface area contributed by atoms with Crippen molar-refractivity contribution in [2.24, 2.45) is 0 Å². The second kappa shape index (κ2) is 5.31. The number of methoxy groups -OCH3 is 1. The molecule has 0 N–H and O–H groups in total. The van der Waals surface area contributed by atoms with E-state index < -0.39 is 5.95 Å². The van der Waals surface area contributed by atoms with Gasteiger partial charge in [-0.2, -0.15) is 9.37 Å². The molecule has 0 amide bonds. The van der Waals surface area contributed by atoms with Gasteiger partial charge in [-0.15, -0.1) is 0 Å². The van der Waals surface area contributed by atoms with Crippen molar-refractivity contribution in [3.8, 4) is 17.0 Å². The first-order valence-corrected chi connectivity index (χ1v) is 6.01. The average Bonchev–Trinajstić information content (AvgIpc) is 2.34. The van der Waals surface area contributed by atoms with Crippen LogP contribution in [0.1, 0.15) is 0 Å². The average molecular weight is 307 g/mol. The predicted molar refractivity (Wildman–Crippen MR) is 71.2 cm³/mol. The number of halogens is 4. The second-order valence-corrected chi connectivity index (χ2v) is 4.66. The van der Waals surface area contributed by atoms with Gasteiger partial charge in [0.2, 0.25) is 11.8 Å². The molecule has 1 aromatic carbocycles. The maximum Gasteiger partial charge on any atom is 0.224 e. The highest BCUT2D eigenvalue weighted by Crippen LogP contribution is 2.36. The minimum atomic E-state index is -0.686. The van der Waals surface area contributed by atoms with Crippen LogP contribution in [0, 0.1) is 5.95 Å². The van der Waals surface area contributed by atoms with Crippen molar-refractivity contribution in [1.82, 2.24) is 4.98 Å². The minimum absolute atomic E-state index is 0.187. The highest BCUT2D eigenvalue weighted by atomic mass is 35.5. The molecule has 2 aromatic rings. The van der Waals surface area contributed by atoms with Crippen LogP contribution in [0.3, 0.4) is 0 Å². The Balaban J connectivity index is 2.58. The van der Waals surface area contributed by atoms with E-state index in [0.717, 1.165) is 0 Å². The molecule has 0 unspecified atom stereocenters. The molecule has 1 aromatic heterocycles. The van der Waals surface area contributed by atoms with E-state index >= 15 is 0 Å². The van der Waals surface area contributed by atoms with E-state index in [1.807, 2.05) is 0 Å². The fourth-order valence-corrected chi connectivity index (χ4v) is 2.11. The Morgan fingerprint density at radius 3 is 2.28 bits per heavy atom. The van der Waals surface area contributed by atoms with Gasteiger partial charge in [-0.25, -0.2) is 0 Å². The van der Waals surface area contributed by atoms with Gasteiger partial charge in [-0.1, -0.05) is 34.8 Å². The number of nitrogens with zero attached hydrogens (tertiary/aromatic N) is 1. The van der Waals surface area contributed by atoms with E-state index in [9.17, 15) is 4.39 Å².